The average molecular weight is 341 g/mol. The summed E-state index contributed by atoms with van der Waals surface area (Å²) in [5.74, 6) is 0.281. The van der Waals surface area contributed by atoms with Crippen molar-refractivity contribution in [3.05, 3.63) is 53.7 Å². The van der Waals surface area contributed by atoms with Crippen molar-refractivity contribution in [2.24, 2.45) is 0 Å². The summed E-state index contributed by atoms with van der Waals surface area (Å²) in [6.45, 7) is 4.67. The van der Waals surface area contributed by atoms with Gasteiger partial charge in [-0.3, -0.25) is 0 Å². The quantitative estimate of drug-likeness (QED) is 0.607. The highest BCUT2D eigenvalue weighted by Gasteiger charge is 2.19. The van der Waals surface area contributed by atoms with E-state index in [1.54, 1.807) is 28.9 Å². The molecule has 132 valence electrons. The van der Waals surface area contributed by atoms with Crippen molar-refractivity contribution in [2.45, 2.75) is 38.3 Å². The van der Waals surface area contributed by atoms with Crippen LogP contribution in [0.1, 0.15) is 37.5 Å². The highest BCUT2D eigenvalue weighted by Crippen LogP contribution is 2.18. The van der Waals surface area contributed by atoms with Crippen LogP contribution in [0.4, 0.5) is 0 Å². The molecule has 25 heavy (non-hydrogen) atoms. The summed E-state index contributed by atoms with van der Waals surface area (Å²) in [5, 5.41) is 34.5. The molecule has 1 aromatic carbocycles. The molecular formula is C18H23N5O2. The van der Waals surface area contributed by atoms with Crippen LogP contribution < -0.4 is 5.32 Å². The highest BCUT2D eigenvalue weighted by molar-refractivity contribution is 5.36. The van der Waals surface area contributed by atoms with E-state index in [4.69, 9.17) is 0 Å². The summed E-state index contributed by atoms with van der Waals surface area (Å²) in [6.07, 6.45) is 2.91. The minimum atomic E-state index is -0.637. The van der Waals surface area contributed by atoms with E-state index in [9.17, 15) is 10.2 Å². The van der Waals surface area contributed by atoms with E-state index in [1.165, 1.54) is 5.56 Å². The molecular weight excluding hydrogens is 318 g/mol. The van der Waals surface area contributed by atoms with Gasteiger partial charge in [0.2, 0.25) is 0 Å². The third-order valence-electron chi connectivity index (χ3n) is 4.35. The SMILES string of the molecule is CC(C)(CCc1ccc(O)cc1)NC[C@H](O)c1ccc2nnnn2c1. The fourth-order valence-corrected chi connectivity index (χ4v) is 2.65. The van der Waals surface area contributed by atoms with Gasteiger partial charge in [-0.25, -0.2) is 4.52 Å². The third-order valence-corrected chi connectivity index (χ3v) is 4.35. The first kappa shape index (κ1) is 17.3. The molecule has 0 fully saturated rings. The van der Waals surface area contributed by atoms with Crippen molar-refractivity contribution in [2.75, 3.05) is 6.54 Å². The molecule has 0 saturated heterocycles. The Kier molecular flexibility index (Phi) is 4.96. The second-order valence-electron chi connectivity index (χ2n) is 6.89. The lowest BCUT2D eigenvalue weighted by molar-refractivity contribution is 0.158. The number of fused-ring (bicyclic) bond motifs is 1. The van der Waals surface area contributed by atoms with Crippen LogP contribution in [0.2, 0.25) is 0 Å². The zero-order valence-electron chi connectivity index (χ0n) is 14.4. The Labute approximate surface area is 146 Å². The Hall–Kier alpha value is -2.51. The van der Waals surface area contributed by atoms with Crippen LogP contribution in [0, 0.1) is 0 Å². The Balaban J connectivity index is 1.54. The number of aromatic hydroxyl groups is 1. The maximum atomic E-state index is 10.4. The molecule has 2 heterocycles. The number of benzene rings is 1. The summed E-state index contributed by atoms with van der Waals surface area (Å²) in [7, 11) is 0. The van der Waals surface area contributed by atoms with Crippen molar-refractivity contribution >= 4 is 5.65 Å². The number of hydrogen-bond donors (Lipinski definition) is 3. The summed E-state index contributed by atoms with van der Waals surface area (Å²) >= 11 is 0. The molecule has 7 nitrogen and oxygen atoms in total. The largest absolute Gasteiger partial charge is 0.508 e. The normalized spacial score (nSPS) is 13.2. The van der Waals surface area contributed by atoms with E-state index < -0.39 is 6.10 Å². The molecule has 2 aromatic heterocycles. The Bertz CT molecular complexity index is 829. The number of β-amino-alcohol motifs (C(OH)–C–C–N with tert-alkyl or cyclic N) is 1. The number of nitrogens with zero attached hydrogens (tertiary/aromatic N) is 4. The van der Waals surface area contributed by atoms with E-state index in [-0.39, 0.29) is 11.3 Å². The van der Waals surface area contributed by atoms with E-state index >= 15 is 0 Å². The molecule has 3 aromatic rings. The summed E-state index contributed by atoms with van der Waals surface area (Å²) in [5.41, 5.74) is 2.47. The van der Waals surface area contributed by atoms with Gasteiger partial charge in [0.25, 0.3) is 0 Å². The zero-order valence-corrected chi connectivity index (χ0v) is 14.4. The van der Waals surface area contributed by atoms with Gasteiger partial charge in [-0.15, -0.1) is 5.10 Å². The zero-order chi connectivity index (χ0) is 17.9. The van der Waals surface area contributed by atoms with Crippen molar-refractivity contribution in [1.82, 2.24) is 25.4 Å². The lowest BCUT2D eigenvalue weighted by atomic mass is 9.94. The van der Waals surface area contributed by atoms with Crippen LogP contribution in [0.5, 0.6) is 5.75 Å². The van der Waals surface area contributed by atoms with Crippen molar-refractivity contribution < 1.29 is 10.2 Å². The molecule has 3 rings (SSSR count). The molecule has 0 aliphatic rings. The van der Waals surface area contributed by atoms with E-state index in [0.29, 0.717) is 12.2 Å². The Morgan fingerprint density at radius 3 is 2.68 bits per heavy atom. The van der Waals surface area contributed by atoms with E-state index in [2.05, 4.69) is 34.7 Å². The maximum Gasteiger partial charge on any atom is 0.179 e. The number of rotatable bonds is 7. The van der Waals surface area contributed by atoms with Crippen molar-refractivity contribution in [1.29, 1.82) is 0 Å². The molecule has 0 saturated carbocycles. The summed E-state index contributed by atoms with van der Waals surface area (Å²) in [4.78, 5) is 0. The molecule has 1 atom stereocenters. The van der Waals surface area contributed by atoms with Crippen LogP contribution in [0.15, 0.2) is 42.6 Å². The monoisotopic (exact) mass is 341 g/mol. The first-order valence-corrected chi connectivity index (χ1v) is 8.32. The topological polar surface area (TPSA) is 95.6 Å². The fourth-order valence-electron chi connectivity index (χ4n) is 2.65. The van der Waals surface area contributed by atoms with Crippen molar-refractivity contribution in [3.63, 3.8) is 0 Å². The van der Waals surface area contributed by atoms with Crippen LogP contribution >= 0.6 is 0 Å². The Morgan fingerprint density at radius 2 is 1.92 bits per heavy atom. The number of aryl methyl sites for hydroxylation is 1. The number of hydrogen-bond acceptors (Lipinski definition) is 6. The molecule has 3 N–H and O–H groups in total. The van der Waals surface area contributed by atoms with Gasteiger partial charge in [0, 0.05) is 23.8 Å². The lowest BCUT2D eigenvalue weighted by Gasteiger charge is -2.28. The van der Waals surface area contributed by atoms with E-state index in [0.717, 1.165) is 18.4 Å². The first-order chi connectivity index (χ1) is 11.9. The number of tetrazole rings is 1. The minimum Gasteiger partial charge on any atom is -0.508 e. The third kappa shape index (κ3) is 4.52. The molecule has 0 amide bonds. The number of pyridine rings is 1. The second kappa shape index (κ2) is 7.16. The molecule has 7 heteroatoms. The standard InChI is InChI=1S/C18H23N5O2/c1-18(2,10-9-13-3-6-15(24)7-4-13)19-11-16(25)14-5-8-17-20-21-22-23(17)12-14/h3-8,12,16,19,24-25H,9-11H2,1-2H3/t16-/m0/s1. The smallest absolute Gasteiger partial charge is 0.179 e. The van der Waals surface area contributed by atoms with Gasteiger partial charge < -0.3 is 15.5 Å². The van der Waals surface area contributed by atoms with E-state index in [1.807, 2.05) is 18.2 Å². The molecule has 0 unspecified atom stereocenters. The molecule has 0 radical (unpaired) electrons. The number of phenolic OH excluding ortho intramolecular Hbond substituents is 1. The predicted octanol–water partition coefficient (Wildman–Crippen LogP) is 1.86. The predicted molar refractivity (Wildman–Crippen MR) is 94.3 cm³/mol. The number of nitrogens with one attached hydrogen (secondary N) is 1. The van der Waals surface area contributed by atoms with Gasteiger partial charge in [-0.2, -0.15) is 0 Å². The Morgan fingerprint density at radius 1 is 1.16 bits per heavy atom. The van der Waals surface area contributed by atoms with Gasteiger partial charge in [0.05, 0.1) is 6.10 Å². The molecule has 0 aliphatic heterocycles. The van der Waals surface area contributed by atoms with Crippen LogP contribution in [-0.2, 0) is 6.42 Å². The van der Waals surface area contributed by atoms with Gasteiger partial charge in [-0.05, 0) is 60.9 Å². The number of aliphatic hydroxyl groups excluding tert-OH is 1. The van der Waals surface area contributed by atoms with Crippen molar-refractivity contribution in [3.8, 4) is 5.75 Å². The first-order valence-electron chi connectivity index (χ1n) is 8.32. The number of phenols is 1. The summed E-state index contributed by atoms with van der Waals surface area (Å²) in [6, 6.07) is 10.9. The van der Waals surface area contributed by atoms with Gasteiger partial charge in [-0.1, -0.05) is 18.2 Å². The lowest BCUT2D eigenvalue weighted by Crippen LogP contribution is -2.42. The highest BCUT2D eigenvalue weighted by atomic mass is 16.3. The molecule has 0 spiro atoms. The van der Waals surface area contributed by atoms with Gasteiger partial charge >= 0.3 is 0 Å². The van der Waals surface area contributed by atoms with Crippen LogP contribution in [0.3, 0.4) is 0 Å². The molecule has 0 aliphatic carbocycles. The summed E-state index contributed by atoms with van der Waals surface area (Å²) < 4.78 is 1.55. The van der Waals surface area contributed by atoms with Gasteiger partial charge in [0.1, 0.15) is 5.75 Å². The van der Waals surface area contributed by atoms with Gasteiger partial charge in [0.15, 0.2) is 5.65 Å². The van der Waals surface area contributed by atoms with Crippen LogP contribution in [-0.4, -0.2) is 42.3 Å². The maximum absolute atomic E-state index is 10.4. The van der Waals surface area contributed by atoms with Crippen LogP contribution in [0.25, 0.3) is 5.65 Å². The number of aliphatic hydroxyl groups is 1. The second-order valence-corrected chi connectivity index (χ2v) is 6.89. The average Bonchev–Trinajstić information content (AvgIpc) is 3.07. The fraction of sp³-hybridized carbons (Fsp3) is 0.389. The number of aromatic nitrogens is 4. The minimum absolute atomic E-state index is 0.127. The molecule has 0 bridgehead atoms.